The quantitative estimate of drug-likeness (QED) is 0.322. The maximum atomic E-state index is 10.8. The fourth-order valence-corrected chi connectivity index (χ4v) is 4.88. The molecule has 0 atom stereocenters. The first-order valence-corrected chi connectivity index (χ1v) is 12.0. The van der Waals surface area contributed by atoms with Crippen molar-refractivity contribution in [2.75, 3.05) is 26.3 Å². The van der Waals surface area contributed by atoms with Crippen LogP contribution in [-0.2, 0) is 6.54 Å². The van der Waals surface area contributed by atoms with Gasteiger partial charge < -0.3 is 23.9 Å². The number of imidazole rings is 1. The van der Waals surface area contributed by atoms with E-state index in [1.54, 1.807) is 12.1 Å². The zero-order valence-corrected chi connectivity index (χ0v) is 20.5. The topological polar surface area (TPSA) is 86.0 Å². The average molecular weight is 488 g/mol. The number of piperidine rings is 1. The number of carbonyl (C=O) groups is 1. The van der Waals surface area contributed by atoms with Crippen molar-refractivity contribution in [1.82, 2.24) is 14.5 Å². The predicted octanol–water partition coefficient (Wildman–Crippen LogP) is 5.69. The van der Waals surface area contributed by atoms with Gasteiger partial charge in [0, 0.05) is 31.7 Å². The number of benzene rings is 2. The molecule has 0 amide bonds. The number of aromatic nitrogens is 2. The Hall–Kier alpha value is -2.97. The lowest BCUT2D eigenvalue weighted by Crippen LogP contribution is -2.34. The van der Waals surface area contributed by atoms with E-state index in [-0.39, 0.29) is 5.75 Å². The fraction of sp³-hybridized carbons (Fsp3) is 0.440. The van der Waals surface area contributed by atoms with Crippen molar-refractivity contribution in [2.45, 2.75) is 46.2 Å². The number of hydrogen-bond acceptors (Lipinski definition) is 6. The third-order valence-electron chi connectivity index (χ3n) is 6.04. The number of likely N-dealkylation sites (tertiary alicyclic amines) is 1. The number of hydrogen-bond donors (Lipinski definition) is 1. The molecule has 1 fully saturated rings. The normalized spacial score (nSPS) is 14.9. The lowest BCUT2D eigenvalue weighted by Gasteiger charge is -2.33. The van der Waals surface area contributed by atoms with Crippen LogP contribution in [0.3, 0.4) is 0 Å². The van der Waals surface area contributed by atoms with Gasteiger partial charge in [-0.3, -0.25) is 4.90 Å². The van der Waals surface area contributed by atoms with Crippen molar-refractivity contribution in [3.05, 3.63) is 46.7 Å². The number of aryl methyl sites for hydroxylation is 1. The van der Waals surface area contributed by atoms with Crippen LogP contribution >= 0.6 is 11.6 Å². The monoisotopic (exact) mass is 487 g/mol. The molecule has 4 rings (SSSR count). The van der Waals surface area contributed by atoms with Gasteiger partial charge >= 0.3 is 6.16 Å². The Kier molecular flexibility index (Phi) is 7.48. The van der Waals surface area contributed by atoms with Crippen LogP contribution in [-0.4, -0.2) is 52.0 Å². The molecule has 9 heteroatoms. The molecule has 34 heavy (non-hydrogen) atoms. The molecule has 1 aliphatic rings. The lowest BCUT2D eigenvalue weighted by atomic mass is 10.0. The molecule has 0 unspecified atom stereocenters. The van der Waals surface area contributed by atoms with E-state index in [9.17, 15) is 4.79 Å². The van der Waals surface area contributed by atoms with E-state index in [4.69, 9.17) is 30.9 Å². The molecule has 3 aromatic rings. The molecular weight excluding hydrogens is 458 g/mol. The first-order chi connectivity index (χ1) is 16.4. The summed E-state index contributed by atoms with van der Waals surface area (Å²) in [6, 6.07) is 9.58. The van der Waals surface area contributed by atoms with E-state index in [0.717, 1.165) is 54.9 Å². The summed E-state index contributed by atoms with van der Waals surface area (Å²) < 4.78 is 18.5. The number of halogens is 1. The van der Waals surface area contributed by atoms with Crippen molar-refractivity contribution in [2.24, 2.45) is 0 Å². The molecule has 0 saturated carbocycles. The largest absolute Gasteiger partial charge is 0.511 e. The molecule has 1 aliphatic heterocycles. The molecule has 8 nitrogen and oxygen atoms in total. The highest BCUT2D eigenvalue weighted by atomic mass is 35.5. The van der Waals surface area contributed by atoms with Crippen LogP contribution in [0.15, 0.2) is 30.3 Å². The first-order valence-electron chi connectivity index (χ1n) is 11.6. The Labute approximate surface area is 204 Å². The van der Waals surface area contributed by atoms with Crippen molar-refractivity contribution < 1.29 is 24.1 Å². The Morgan fingerprint density at radius 2 is 1.76 bits per heavy atom. The molecular formula is C25H30ClN3O5. The molecule has 0 bridgehead atoms. The molecule has 182 valence electrons. The average Bonchev–Trinajstić information content (AvgIpc) is 3.12. The van der Waals surface area contributed by atoms with Crippen molar-refractivity contribution in [3.8, 4) is 17.2 Å². The van der Waals surface area contributed by atoms with Gasteiger partial charge in [-0.05, 0) is 63.4 Å². The Morgan fingerprint density at radius 3 is 2.35 bits per heavy atom. The Morgan fingerprint density at radius 1 is 1.12 bits per heavy atom. The van der Waals surface area contributed by atoms with Gasteiger partial charge in [-0.2, -0.15) is 0 Å². The fourth-order valence-electron chi connectivity index (χ4n) is 4.66. The maximum Gasteiger partial charge on any atom is 0.511 e. The smallest absolute Gasteiger partial charge is 0.492 e. The molecule has 1 aromatic heterocycles. The third-order valence-corrected chi connectivity index (χ3v) is 6.41. The second-order valence-electron chi connectivity index (χ2n) is 8.33. The second kappa shape index (κ2) is 10.5. The van der Waals surface area contributed by atoms with Gasteiger partial charge in [0.15, 0.2) is 0 Å². The van der Waals surface area contributed by atoms with Gasteiger partial charge in [-0.25, -0.2) is 9.78 Å². The van der Waals surface area contributed by atoms with Gasteiger partial charge in [0.25, 0.3) is 0 Å². The van der Waals surface area contributed by atoms with Gasteiger partial charge in [-0.1, -0.05) is 11.6 Å². The van der Waals surface area contributed by atoms with Crippen LogP contribution in [0.2, 0.25) is 5.02 Å². The number of nitrogens with zero attached hydrogens (tertiary/aromatic N) is 3. The van der Waals surface area contributed by atoms with E-state index in [2.05, 4.69) is 14.5 Å². The lowest BCUT2D eigenvalue weighted by molar-refractivity contribution is 0.144. The standard InChI is InChI=1S/C25H30ClN3O5/c1-4-32-22-12-17(13-23(24(22)26)33-5-2)15-28-10-8-18(9-11-28)29-16(3)27-20-14-19(34-25(30)31)6-7-21(20)29/h6-7,12-14,18H,4-5,8-11,15H2,1-3H3,(H,30,31). The van der Waals surface area contributed by atoms with E-state index < -0.39 is 6.16 Å². The summed E-state index contributed by atoms with van der Waals surface area (Å²) in [5, 5.41) is 9.38. The SMILES string of the molecule is CCOc1cc(CN2CCC(n3c(C)nc4cc(OC(=O)O)ccc43)CC2)cc(OCC)c1Cl. The van der Waals surface area contributed by atoms with Gasteiger partial charge in [0.2, 0.25) is 0 Å². The van der Waals surface area contributed by atoms with Crippen LogP contribution in [0.1, 0.15) is 44.1 Å². The molecule has 2 aromatic carbocycles. The minimum atomic E-state index is -1.33. The van der Waals surface area contributed by atoms with E-state index in [1.165, 1.54) is 0 Å². The highest BCUT2D eigenvalue weighted by molar-refractivity contribution is 6.33. The Bertz CT molecular complexity index is 1140. The van der Waals surface area contributed by atoms with E-state index in [1.807, 2.05) is 39.0 Å². The number of carboxylic acid groups (broad SMARTS) is 1. The van der Waals surface area contributed by atoms with Crippen LogP contribution in [0.25, 0.3) is 11.0 Å². The zero-order chi connectivity index (χ0) is 24.2. The minimum Gasteiger partial charge on any atom is -0.492 e. The third kappa shape index (κ3) is 5.23. The Balaban J connectivity index is 1.46. The summed E-state index contributed by atoms with van der Waals surface area (Å²) in [6.07, 6.45) is 0.652. The molecule has 2 heterocycles. The second-order valence-corrected chi connectivity index (χ2v) is 8.70. The zero-order valence-electron chi connectivity index (χ0n) is 19.7. The van der Waals surface area contributed by atoms with E-state index in [0.29, 0.717) is 35.8 Å². The summed E-state index contributed by atoms with van der Waals surface area (Å²) >= 11 is 6.45. The van der Waals surface area contributed by atoms with Gasteiger partial charge in [0.05, 0.1) is 24.2 Å². The summed E-state index contributed by atoms with van der Waals surface area (Å²) in [5.41, 5.74) is 2.85. The van der Waals surface area contributed by atoms with Crippen LogP contribution in [0.4, 0.5) is 4.79 Å². The number of rotatable bonds is 8. The highest BCUT2D eigenvalue weighted by Crippen LogP contribution is 2.37. The number of ether oxygens (including phenoxy) is 3. The van der Waals surface area contributed by atoms with E-state index >= 15 is 0 Å². The van der Waals surface area contributed by atoms with Crippen molar-refractivity contribution in [3.63, 3.8) is 0 Å². The maximum absolute atomic E-state index is 10.8. The molecule has 0 radical (unpaired) electrons. The summed E-state index contributed by atoms with van der Waals surface area (Å²) in [4.78, 5) is 17.9. The van der Waals surface area contributed by atoms with Crippen molar-refractivity contribution in [1.29, 1.82) is 0 Å². The summed E-state index contributed by atoms with van der Waals surface area (Å²) in [7, 11) is 0. The number of fused-ring (bicyclic) bond motifs is 1. The first kappa shape index (κ1) is 24.2. The molecule has 0 spiro atoms. The van der Waals surface area contributed by atoms with Crippen molar-refractivity contribution >= 4 is 28.8 Å². The van der Waals surface area contributed by atoms with Crippen LogP contribution < -0.4 is 14.2 Å². The predicted molar refractivity (Wildman–Crippen MR) is 130 cm³/mol. The summed E-state index contributed by atoms with van der Waals surface area (Å²) in [5.74, 6) is 2.51. The molecule has 1 saturated heterocycles. The van der Waals surface area contributed by atoms with Crippen LogP contribution in [0.5, 0.6) is 17.2 Å². The van der Waals surface area contributed by atoms with Crippen LogP contribution in [0, 0.1) is 6.92 Å². The minimum absolute atomic E-state index is 0.278. The highest BCUT2D eigenvalue weighted by Gasteiger charge is 2.24. The van der Waals surface area contributed by atoms with Gasteiger partial charge in [0.1, 0.15) is 28.1 Å². The summed E-state index contributed by atoms with van der Waals surface area (Å²) in [6.45, 7) is 9.64. The molecule has 1 N–H and O–H groups in total. The molecule has 0 aliphatic carbocycles. The van der Waals surface area contributed by atoms with Gasteiger partial charge in [-0.15, -0.1) is 0 Å².